The predicted molar refractivity (Wildman–Crippen MR) is 61.2 cm³/mol. The first-order chi connectivity index (χ1) is 6.68. The van der Waals surface area contributed by atoms with Gasteiger partial charge < -0.3 is 4.90 Å². The minimum Gasteiger partial charge on any atom is -0.371 e. The quantitative estimate of drug-likeness (QED) is 0.681. The van der Waals surface area contributed by atoms with Crippen LogP contribution in [-0.4, -0.2) is 18.5 Å². The van der Waals surface area contributed by atoms with E-state index in [-0.39, 0.29) is 0 Å². The highest BCUT2D eigenvalue weighted by Crippen LogP contribution is 2.29. The topological polar surface area (TPSA) is 3.24 Å². The maximum atomic E-state index is 5.83. The Balaban J connectivity index is 2.33. The van der Waals surface area contributed by atoms with Crippen molar-refractivity contribution in [3.8, 4) is 0 Å². The summed E-state index contributed by atoms with van der Waals surface area (Å²) < 4.78 is 0. The molecule has 0 radical (unpaired) electrons. The Morgan fingerprint density at radius 2 is 1.93 bits per heavy atom. The zero-order valence-electron chi connectivity index (χ0n) is 8.13. The predicted octanol–water partition coefficient (Wildman–Crippen LogP) is 3.18. The van der Waals surface area contributed by atoms with Crippen LogP contribution in [0.5, 0.6) is 0 Å². The van der Waals surface area contributed by atoms with Crippen molar-refractivity contribution in [2.24, 2.45) is 0 Å². The van der Waals surface area contributed by atoms with Gasteiger partial charge in [0, 0.05) is 29.9 Å². The Morgan fingerprint density at radius 1 is 1.29 bits per heavy atom. The first kappa shape index (κ1) is 9.35. The van der Waals surface area contributed by atoms with Gasteiger partial charge in [0.05, 0.1) is 0 Å². The third kappa shape index (κ3) is 1.55. The van der Waals surface area contributed by atoms with E-state index in [4.69, 9.17) is 11.6 Å². The standard InChI is InChI=1S/C12H12ClN/c1-9-12(7-8-14(9)2)10-3-5-11(13)6-4-10/h3-7H,1,8H2,2H3. The molecule has 2 rings (SSSR count). The summed E-state index contributed by atoms with van der Waals surface area (Å²) in [7, 11) is 2.04. The van der Waals surface area contributed by atoms with E-state index in [1.54, 1.807) is 0 Å². The van der Waals surface area contributed by atoms with Crippen LogP contribution in [0.25, 0.3) is 5.57 Å². The molecule has 0 amide bonds. The van der Waals surface area contributed by atoms with E-state index >= 15 is 0 Å². The Kier molecular flexibility index (Phi) is 2.34. The van der Waals surface area contributed by atoms with Gasteiger partial charge in [0.25, 0.3) is 0 Å². The fraction of sp³-hybridized carbons (Fsp3) is 0.167. The normalized spacial score (nSPS) is 16.0. The molecule has 1 aromatic carbocycles. The number of hydrogen-bond acceptors (Lipinski definition) is 1. The number of halogens is 1. The second kappa shape index (κ2) is 3.50. The number of benzene rings is 1. The summed E-state index contributed by atoms with van der Waals surface area (Å²) in [5.41, 5.74) is 3.47. The minimum absolute atomic E-state index is 0.770. The minimum atomic E-state index is 0.770. The van der Waals surface area contributed by atoms with E-state index in [9.17, 15) is 0 Å². The van der Waals surface area contributed by atoms with Crippen LogP contribution >= 0.6 is 11.6 Å². The second-order valence-corrected chi connectivity index (χ2v) is 3.89. The highest BCUT2D eigenvalue weighted by atomic mass is 35.5. The molecule has 0 saturated heterocycles. The zero-order valence-corrected chi connectivity index (χ0v) is 8.88. The third-order valence-corrected chi connectivity index (χ3v) is 2.75. The van der Waals surface area contributed by atoms with Gasteiger partial charge in [0.1, 0.15) is 0 Å². The third-order valence-electron chi connectivity index (χ3n) is 2.50. The summed E-state index contributed by atoms with van der Waals surface area (Å²) in [6, 6.07) is 7.86. The van der Waals surface area contributed by atoms with Crippen LogP contribution in [0.3, 0.4) is 0 Å². The molecule has 0 bridgehead atoms. The number of rotatable bonds is 1. The van der Waals surface area contributed by atoms with Crippen molar-refractivity contribution in [3.63, 3.8) is 0 Å². The molecule has 72 valence electrons. The Morgan fingerprint density at radius 3 is 2.43 bits per heavy atom. The lowest BCUT2D eigenvalue weighted by atomic mass is 10.1. The summed E-state index contributed by atoms with van der Waals surface area (Å²) in [4.78, 5) is 2.13. The number of nitrogens with zero attached hydrogens (tertiary/aromatic N) is 1. The molecule has 0 fully saturated rings. The maximum absolute atomic E-state index is 5.83. The van der Waals surface area contributed by atoms with E-state index < -0.39 is 0 Å². The van der Waals surface area contributed by atoms with E-state index in [2.05, 4.69) is 17.6 Å². The zero-order chi connectivity index (χ0) is 10.1. The monoisotopic (exact) mass is 205 g/mol. The molecular weight excluding hydrogens is 194 g/mol. The Labute approximate surface area is 89.3 Å². The number of likely N-dealkylation sites (N-methyl/N-ethyl adjacent to an activating group) is 1. The van der Waals surface area contributed by atoms with Gasteiger partial charge in [-0.1, -0.05) is 36.4 Å². The lowest BCUT2D eigenvalue weighted by Crippen LogP contribution is -2.10. The smallest absolute Gasteiger partial charge is 0.0406 e. The van der Waals surface area contributed by atoms with Crippen molar-refractivity contribution in [1.82, 2.24) is 4.90 Å². The van der Waals surface area contributed by atoms with Gasteiger partial charge in [-0.25, -0.2) is 0 Å². The van der Waals surface area contributed by atoms with Gasteiger partial charge in [-0.2, -0.15) is 0 Å². The molecule has 14 heavy (non-hydrogen) atoms. The molecular formula is C12H12ClN. The first-order valence-electron chi connectivity index (χ1n) is 4.55. The van der Waals surface area contributed by atoms with Crippen LogP contribution in [0.1, 0.15) is 5.56 Å². The SMILES string of the molecule is C=C1C(c2ccc(Cl)cc2)=CCN1C. The van der Waals surface area contributed by atoms with Crippen molar-refractivity contribution in [2.45, 2.75) is 0 Å². The largest absolute Gasteiger partial charge is 0.371 e. The average molecular weight is 206 g/mol. The molecule has 0 aliphatic carbocycles. The van der Waals surface area contributed by atoms with E-state index in [0.717, 1.165) is 17.3 Å². The van der Waals surface area contributed by atoms with Crippen molar-refractivity contribution in [3.05, 3.63) is 53.2 Å². The van der Waals surface area contributed by atoms with Crippen molar-refractivity contribution < 1.29 is 0 Å². The van der Waals surface area contributed by atoms with E-state index in [1.165, 1.54) is 11.1 Å². The molecule has 1 aromatic rings. The Hall–Kier alpha value is -1.21. The van der Waals surface area contributed by atoms with Crippen LogP contribution in [0.2, 0.25) is 5.02 Å². The average Bonchev–Trinajstić information content (AvgIpc) is 2.50. The van der Waals surface area contributed by atoms with Crippen molar-refractivity contribution >= 4 is 17.2 Å². The number of hydrogen-bond donors (Lipinski definition) is 0. The van der Waals surface area contributed by atoms with Gasteiger partial charge in [0.2, 0.25) is 0 Å². The van der Waals surface area contributed by atoms with Gasteiger partial charge in [-0.3, -0.25) is 0 Å². The molecule has 0 saturated carbocycles. The van der Waals surface area contributed by atoms with Crippen LogP contribution in [0, 0.1) is 0 Å². The van der Waals surface area contributed by atoms with Crippen molar-refractivity contribution in [1.29, 1.82) is 0 Å². The highest BCUT2D eigenvalue weighted by molar-refractivity contribution is 6.30. The maximum Gasteiger partial charge on any atom is 0.0406 e. The molecule has 1 heterocycles. The fourth-order valence-electron chi connectivity index (χ4n) is 1.58. The van der Waals surface area contributed by atoms with Crippen molar-refractivity contribution in [2.75, 3.05) is 13.6 Å². The summed E-state index contributed by atoms with van der Waals surface area (Å²) >= 11 is 5.83. The van der Waals surface area contributed by atoms with Gasteiger partial charge >= 0.3 is 0 Å². The van der Waals surface area contributed by atoms with Crippen LogP contribution in [-0.2, 0) is 0 Å². The highest BCUT2D eigenvalue weighted by Gasteiger charge is 2.15. The fourth-order valence-corrected chi connectivity index (χ4v) is 1.70. The summed E-state index contributed by atoms with van der Waals surface area (Å²) in [6.45, 7) is 4.98. The lowest BCUT2D eigenvalue weighted by molar-refractivity contribution is 0.504. The summed E-state index contributed by atoms with van der Waals surface area (Å²) in [5, 5.41) is 0.770. The second-order valence-electron chi connectivity index (χ2n) is 3.45. The van der Waals surface area contributed by atoms with Gasteiger partial charge in [-0.05, 0) is 17.7 Å². The van der Waals surface area contributed by atoms with Gasteiger partial charge in [0.15, 0.2) is 0 Å². The lowest BCUT2D eigenvalue weighted by Gasteiger charge is -2.14. The molecule has 1 aliphatic heterocycles. The van der Waals surface area contributed by atoms with Gasteiger partial charge in [-0.15, -0.1) is 0 Å². The number of allylic oxidation sites excluding steroid dienone is 1. The molecule has 2 heteroatoms. The molecule has 0 spiro atoms. The van der Waals surface area contributed by atoms with E-state index in [1.807, 2.05) is 31.3 Å². The van der Waals surface area contributed by atoms with Crippen LogP contribution in [0.4, 0.5) is 0 Å². The van der Waals surface area contributed by atoms with E-state index in [0.29, 0.717) is 0 Å². The van der Waals surface area contributed by atoms with Crippen LogP contribution in [0.15, 0.2) is 42.6 Å². The summed E-state index contributed by atoms with van der Waals surface area (Å²) in [6.07, 6.45) is 2.19. The molecule has 0 N–H and O–H groups in total. The molecule has 1 aliphatic rings. The molecule has 0 unspecified atom stereocenters. The molecule has 1 nitrogen and oxygen atoms in total. The summed E-state index contributed by atoms with van der Waals surface area (Å²) in [5.74, 6) is 0. The Bertz CT molecular complexity index is 389. The van der Waals surface area contributed by atoms with Crippen LogP contribution < -0.4 is 0 Å². The molecule has 0 aromatic heterocycles. The first-order valence-corrected chi connectivity index (χ1v) is 4.93. The molecule has 0 atom stereocenters.